The largest absolute Gasteiger partial charge is 0.300 e. The molecule has 0 bridgehead atoms. The van der Waals surface area contributed by atoms with Crippen molar-refractivity contribution in [2.45, 2.75) is 80.6 Å². The SMILES string of the molecule is CC(=O)Cc1ccc(C)c(Cl)c1.CC1CCC(=O)NC1=O.CCc1scc(C(=O)C(C)C)c1CC. The monoisotopic (exact) mass is 519 g/mol. The molecule has 1 N–H and O–H groups in total. The summed E-state index contributed by atoms with van der Waals surface area (Å²) in [7, 11) is 0. The Hall–Kier alpha value is -2.31. The van der Waals surface area contributed by atoms with E-state index >= 15 is 0 Å². The predicted molar refractivity (Wildman–Crippen MR) is 144 cm³/mol. The highest BCUT2D eigenvalue weighted by molar-refractivity contribution is 7.10. The summed E-state index contributed by atoms with van der Waals surface area (Å²) in [5.41, 5.74) is 4.27. The molecule has 1 saturated heterocycles. The molecule has 192 valence electrons. The van der Waals surface area contributed by atoms with Crippen LogP contribution in [0.1, 0.15) is 86.3 Å². The predicted octanol–water partition coefficient (Wildman–Crippen LogP) is 6.55. The maximum absolute atomic E-state index is 11.9. The van der Waals surface area contributed by atoms with Gasteiger partial charge in [0.2, 0.25) is 11.8 Å². The van der Waals surface area contributed by atoms with Crippen LogP contribution in [0, 0.1) is 18.8 Å². The first kappa shape index (κ1) is 30.7. The second-order valence-electron chi connectivity index (χ2n) is 9.09. The molecule has 0 aliphatic carbocycles. The molecular weight excluding hydrogens is 482 g/mol. The minimum Gasteiger partial charge on any atom is -0.300 e. The number of nitrogens with one attached hydrogen (secondary N) is 1. The first-order valence-electron chi connectivity index (χ1n) is 12.1. The number of halogens is 1. The number of rotatable bonds is 6. The van der Waals surface area contributed by atoms with Crippen molar-refractivity contribution in [1.29, 1.82) is 0 Å². The van der Waals surface area contributed by atoms with E-state index in [0.29, 0.717) is 19.3 Å². The molecule has 1 aromatic carbocycles. The lowest BCUT2D eigenvalue weighted by Gasteiger charge is -2.15. The summed E-state index contributed by atoms with van der Waals surface area (Å²) in [5, 5.41) is 5.01. The van der Waals surface area contributed by atoms with Crippen molar-refractivity contribution in [3.05, 3.63) is 55.7 Å². The molecule has 3 rings (SSSR count). The minimum absolute atomic E-state index is 0.0164. The number of carbonyl (C=O) groups excluding carboxylic acids is 4. The standard InChI is InChI=1S/C12H18OS.C10H11ClO.C6H9NO2/c1-5-9-10(12(13)8(3)4)7-14-11(9)6-2;1-7-3-4-9(5-8(2)12)6-10(7)11;1-4-2-3-5(8)7-6(4)9/h7-8H,5-6H2,1-4H3;3-4,6H,5H2,1-2H3;4H,2-3H2,1H3,(H,7,8,9). The third-order valence-corrected chi connectivity index (χ3v) is 7.23. The third kappa shape index (κ3) is 10.1. The summed E-state index contributed by atoms with van der Waals surface area (Å²) in [4.78, 5) is 45.2. The van der Waals surface area contributed by atoms with Gasteiger partial charge in [-0.2, -0.15) is 0 Å². The molecule has 1 aliphatic heterocycles. The number of imide groups is 1. The van der Waals surface area contributed by atoms with Gasteiger partial charge in [-0.25, -0.2) is 0 Å². The van der Waals surface area contributed by atoms with Crippen molar-refractivity contribution >= 4 is 46.3 Å². The summed E-state index contributed by atoms with van der Waals surface area (Å²) in [5.74, 6) is 0.305. The van der Waals surface area contributed by atoms with E-state index in [0.717, 1.165) is 34.6 Å². The van der Waals surface area contributed by atoms with E-state index < -0.39 is 0 Å². The zero-order valence-electron chi connectivity index (χ0n) is 21.9. The molecule has 5 nitrogen and oxygen atoms in total. The van der Waals surface area contributed by atoms with Crippen LogP contribution >= 0.6 is 22.9 Å². The Kier molecular flexibility index (Phi) is 13.1. The van der Waals surface area contributed by atoms with E-state index in [4.69, 9.17) is 11.6 Å². The number of ketones is 2. The van der Waals surface area contributed by atoms with E-state index in [-0.39, 0.29) is 35.2 Å². The van der Waals surface area contributed by atoms with E-state index in [1.807, 2.05) is 51.3 Å². The van der Waals surface area contributed by atoms with Crippen molar-refractivity contribution in [3.63, 3.8) is 0 Å². The van der Waals surface area contributed by atoms with Crippen LogP contribution in [0.15, 0.2) is 23.6 Å². The van der Waals surface area contributed by atoms with Crippen molar-refractivity contribution < 1.29 is 19.2 Å². The van der Waals surface area contributed by atoms with Gasteiger partial charge in [0, 0.05) is 45.5 Å². The van der Waals surface area contributed by atoms with Crippen molar-refractivity contribution in [2.24, 2.45) is 11.8 Å². The minimum atomic E-state index is -0.141. The molecule has 0 radical (unpaired) electrons. The van der Waals surface area contributed by atoms with E-state index in [2.05, 4.69) is 19.2 Å². The lowest BCUT2D eigenvalue weighted by molar-refractivity contribution is -0.135. The van der Waals surface area contributed by atoms with Gasteiger partial charge in [0.1, 0.15) is 5.78 Å². The normalized spacial score (nSPS) is 14.9. The van der Waals surface area contributed by atoms with Gasteiger partial charge in [-0.3, -0.25) is 24.5 Å². The summed E-state index contributed by atoms with van der Waals surface area (Å²) >= 11 is 7.61. The van der Waals surface area contributed by atoms with Gasteiger partial charge in [-0.05, 0) is 55.9 Å². The maximum atomic E-state index is 11.9. The molecular formula is C28H38ClNO4S. The smallest absolute Gasteiger partial charge is 0.229 e. The summed E-state index contributed by atoms with van der Waals surface area (Å²) in [6, 6.07) is 5.71. The number of hydrogen-bond acceptors (Lipinski definition) is 5. The molecule has 2 amide bonds. The van der Waals surface area contributed by atoms with Gasteiger partial charge in [-0.1, -0.05) is 58.4 Å². The highest BCUT2D eigenvalue weighted by Crippen LogP contribution is 2.26. The number of thiophene rings is 1. The lowest BCUT2D eigenvalue weighted by atomic mass is 9.97. The number of Topliss-reactive ketones (excluding diaryl/α,β-unsaturated/α-hetero) is 2. The number of piperidine rings is 1. The Morgan fingerprint density at radius 3 is 2.29 bits per heavy atom. The van der Waals surface area contributed by atoms with Gasteiger partial charge in [-0.15, -0.1) is 11.3 Å². The highest BCUT2D eigenvalue weighted by atomic mass is 35.5. The Balaban J connectivity index is 0.000000269. The zero-order valence-corrected chi connectivity index (χ0v) is 23.5. The van der Waals surface area contributed by atoms with Crippen LogP contribution in [0.5, 0.6) is 0 Å². The van der Waals surface area contributed by atoms with Crippen molar-refractivity contribution in [1.82, 2.24) is 5.32 Å². The Labute approximate surface area is 218 Å². The van der Waals surface area contributed by atoms with Gasteiger partial charge < -0.3 is 0 Å². The van der Waals surface area contributed by atoms with Gasteiger partial charge in [0.05, 0.1) is 0 Å². The first-order chi connectivity index (χ1) is 16.4. The van der Waals surface area contributed by atoms with Crippen molar-refractivity contribution in [3.8, 4) is 0 Å². The summed E-state index contributed by atoms with van der Waals surface area (Å²) in [6.45, 7) is 13.5. The number of benzene rings is 1. The zero-order chi connectivity index (χ0) is 26.7. The second kappa shape index (κ2) is 14.9. The third-order valence-electron chi connectivity index (χ3n) is 5.65. The van der Waals surface area contributed by atoms with Crippen molar-refractivity contribution in [2.75, 3.05) is 0 Å². The van der Waals surface area contributed by atoms with Crippen LogP contribution in [0.25, 0.3) is 0 Å². The fourth-order valence-electron chi connectivity index (χ4n) is 3.46. The van der Waals surface area contributed by atoms with Crippen LogP contribution in [-0.2, 0) is 33.6 Å². The van der Waals surface area contributed by atoms with Crippen LogP contribution in [0.3, 0.4) is 0 Å². The molecule has 35 heavy (non-hydrogen) atoms. The molecule has 1 aliphatic rings. The fraction of sp³-hybridized carbons (Fsp3) is 0.500. The lowest BCUT2D eigenvalue weighted by Crippen LogP contribution is -2.39. The maximum Gasteiger partial charge on any atom is 0.229 e. The molecule has 0 saturated carbocycles. The topological polar surface area (TPSA) is 80.3 Å². The molecule has 1 unspecified atom stereocenters. The molecule has 2 aromatic rings. The number of aryl methyl sites for hydroxylation is 2. The molecule has 7 heteroatoms. The van der Waals surface area contributed by atoms with E-state index in [1.54, 1.807) is 18.3 Å². The van der Waals surface area contributed by atoms with Crippen LogP contribution < -0.4 is 5.32 Å². The van der Waals surface area contributed by atoms with Gasteiger partial charge in [0.15, 0.2) is 5.78 Å². The van der Waals surface area contributed by atoms with Gasteiger partial charge >= 0.3 is 0 Å². The second-order valence-corrected chi connectivity index (χ2v) is 10.5. The quantitative estimate of drug-likeness (QED) is 0.346. The molecule has 2 heterocycles. The molecule has 1 atom stereocenters. The molecule has 0 spiro atoms. The summed E-state index contributed by atoms with van der Waals surface area (Å²) < 4.78 is 0. The highest BCUT2D eigenvalue weighted by Gasteiger charge is 2.21. The van der Waals surface area contributed by atoms with E-state index in [1.165, 1.54) is 10.4 Å². The van der Waals surface area contributed by atoms with Crippen LogP contribution in [-0.4, -0.2) is 23.4 Å². The fourth-order valence-corrected chi connectivity index (χ4v) is 4.75. The Bertz CT molecular complexity index is 1040. The number of hydrogen-bond donors (Lipinski definition) is 1. The first-order valence-corrected chi connectivity index (χ1v) is 13.4. The molecule has 1 aromatic heterocycles. The average molecular weight is 520 g/mol. The van der Waals surface area contributed by atoms with Crippen LogP contribution in [0.2, 0.25) is 5.02 Å². The molecule has 1 fully saturated rings. The van der Waals surface area contributed by atoms with Crippen LogP contribution in [0.4, 0.5) is 0 Å². The number of amides is 2. The van der Waals surface area contributed by atoms with E-state index in [9.17, 15) is 19.2 Å². The van der Waals surface area contributed by atoms with Gasteiger partial charge in [0.25, 0.3) is 0 Å². The number of carbonyl (C=O) groups is 4. The Morgan fingerprint density at radius 2 is 1.83 bits per heavy atom. The Morgan fingerprint density at radius 1 is 1.17 bits per heavy atom. The average Bonchev–Trinajstić information content (AvgIpc) is 3.22. The summed E-state index contributed by atoms with van der Waals surface area (Å²) in [6.07, 6.45) is 3.68.